The van der Waals surface area contributed by atoms with Crippen LogP contribution in [0.3, 0.4) is 0 Å². The molecule has 2 amide bonds. The van der Waals surface area contributed by atoms with Crippen LogP contribution in [0, 0.1) is 13.8 Å². The highest BCUT2D eigenvalue weighted by Crippen LogP contribution is 2.46. The van der Waals surface area contributed by atoms with Gasteiger partial charge in [-0.05, 0) is 66.1 Å². The van der Waals surface area contributed by atoms with Gasteiger partial charge in [0.1, 0.15) is 5.00 Å². The molecular formula is C29H31ClN2OS. The summed E-state index contributed by atoms with van der Waals surface area (Å²) in [5.74, 6) is 0.589. The zero-order valence-electron chi connectivity index (χ0n) is 20.5. The molecule has 1 heterocycles. The summed E-state index contributed by atoms with van der Waals surface area (Å²) in [6.45, 7) is 12.8. The van der Waals surface area contributed by atoms with Gasteiger partial charge in [-0.1, -0.05) is 75.7 Å². The molecule has 0 aliphatic carbocycles. The summed E-state index contributed by atoms with van der Waals surface area (Å²) in [5.41, 5.74) is 7.48. The molecule has 0 fully saturated rings. The number of anilines is 2. The summed E-state index contributed by atoms with van der Waals surface area (Å²) in [6.07, 6.45) is 0. The number of fused-ring (bicyclic) bond motifs is 1. The lowest BCUT2D eigenvalue weighted by Gasteiger charge is -2.20. The van der Waals surface area contributed by atoms with Crippen molar-refractivity contribution >= 4 is 49.7 Å². The van der Waals surface area contributed by atoms with E-state index in [-0.39, 0.29) is 6.03 Å². The molecule has 176 valence electrons. The minimum Gasteiger partial charge on any atom is -0.307 e. The second-order valence-corrected chi connectivity index (χ2v) is 10.9. The van der Waals surface area contributed by atoms with Crippen molar-refractivity contribution in [1.82, 2.24) is 0 Å². The number of urea groups is 1. The summed E-state index contributed by atoms with van der Waals surface area (Å²) >= 11 is 8.19. The number of nitrogens with one attached hydrogen (secondary N) is 2. The lowest BCUT2D eigenvalue weighted by atomic mass is 9.93. The molecule has 4 rings (SSSR count). The zero-order valence-corrected chi connectivity index (χ0v) is 22.1. The average Bonchev–Trinajstić information content (AvgIpc) is 3.10. The smallest absolute Gasteiger partial charge is 0.307 e. The van der Waals surface area contributed by atoms with Crippen LogP contribution in [0.15, 0.2) is 54.6 Å². The van der Waals surface area contributed by atoms with Crippen molar-refractivity contribution in [2.24, 2.45) is 0 Å². The van der Waals surface area contributed by atoms with Crippen LogP contribution < -0.4 is 10.6 Å². The summed E-state index contributed by atoms with van der Waals surface area (Å²) in [4.78, 5) is 13.4. The number of aryl methyl sites for hydroxylation is 2. The number of carbonyl (C=O) groups excluding carboxylic acids is 1. The van der Waals surface area contributed by atoms with Crippen LogP contribution in [-0.2, 0) is 0 Å². The number of hydrogen-bond acceptors (Lipinski definition) is 2. The Hall–Kier alpha value is -2.82. The van der Waals surface area contributed by atoms with E-state index in [1.807, 2.05) is 24.3 Å². The van der Waals surface area contributed by atoms with Crippen LogP contribution in [0.2, 0.25) is 5.02 Å². The van der Waals surface area contributed by atoms with Gasteiger partial charge in [0.15, 0.2) is 0 Å². The summed E-state index contributed by atoms with van der Waals surface area (Å²) < 4.78 is 1.12. The zero-order chi connectivity index (χ0) is 24.6. The first-order valence-electron chi connectivity index (χ1n) is 11.7. The summed E-state index contributed by atoms with van der Waals surface area (Å²) in [6, 6.07) is 18.2. The minimum atomic E-state index is -0.247. The Labute approximate surface area is 211 Å². The minimum absolute atomic E-state index is 0.247. The number of hydrogen-bond donors (Lipinski definition) is 2. The van der Waals surface area contributed by atoms with E-state index in [0.29, 0.717) is 16.9 Å². The fraction of sp³-hybridized carbons (Fsp3) is 0.276. The summed E-state index contributed by atoms with van der Waals surface area (Å²) in [7, 11) is 0. The van der Waals surface area contributed by atoms with Gasteiger partial charge in [0.05, 0.1) is 0 Å². The van der Waals surface area contributed by atoms with Crippen LogP contribution >= 0.6 is 22.9 Å². The second-order valence-electron chi connectivity index (χ2n) is 9.42. The number of rotatable bonds is 5. The van der Waals surface area contributed by atoms with Gasteiger partial charge < -0.3 is 5.32 Å². The Morgan fingerprint density at radius 3 is 2.09 bits per heavy atom. The number of halogens is 1. The van der Waals surface area contributed by atoms with Crippen molar-refractivity contribution in [1.29, 1.82) is 0 Å². The molecule has 0 radical (unpaired) electrons. The van der Waals surface area contributed by atoms with Gasteiger partial charge in [-0.15, -0.1) is 11.3 Å². The maximum Gasteiger partial charge on any atom is 0.324 e. The van der Waals surface area contributed by atoms with Crippen LogP contribution in [-0.4, -0.2) is 6.03 Å². The maximum absolute atomic E-state index is 13.4. The molecule has 0 spiro atoms. The molecular weight excluding hydrogens is 460 g/mol. The fourth-order valence-electron chi connectivity index (χ4n) is 4.32. The molecule has 0 atom stereocenters. The van der Waals surface area contributed by atoms with E-state index in [1.165, 1.54) is 11.1 Å². The fourth-order valence-corrected chi connectivity index (χ4v) is 5.74. The van der Waals surface area contributed by atoms with E-state index in [2.05, 4.69) is 82.5 Å². The Balaban J connectivity index is 1.79. The third-order valence-corrected chi connectivity index (χ3v) is 7.68. The predicted molar refractivity (Wildman–Crippen MR) is 149 cm³/mol. The SMILES string of the molecule is Cc1cc2sc(NC(=O)Nc3c(C(C)C)cccc3C(C)C)c(-c3ccccc3Cl)c2cc1C. The molecule has 0 aliphatic rings. The van der Waals surface area contributed by atoms with Gasteiger partial charge in [0, 0.05) is 31.9 Å². The molecule has 34 heavy (non-hydrogen) atoms. The van der Waals surface area contributed by atoms with Crippen molar-refractivity contribution in [3.05, 3.63) is 81.9 Å². The number of para-hydroxylation sites is 1. The number of amides is 2. The Morgan fingerprint density at radius 1 is 0.853 bits per heavy atom. The van der Waals surface area contributed by atoms with Gasteiger partial charge in [0.2, 0.25) is 0 Å². The van der Waals surface area contributed by atoms with Crippen molar-refractivity contribution in [3.63, 3.8) is 0 Å². The molecule has 0 saturated heterocycles. The Bertz CT molecular complexity index is 1340. The van der Waals surface area contributed by atoms with Crippen molar-refractivity contribution < 1.29 is 4.79 Å². The van der Waals surface area contributed by atoms with Crippen molar-refractivity contribution in [2.75, 3.05) is 10.6 Å². The van der Waals surface area contributed by atoms with Gasteiger partial charge in [-0.25, -0.2) is 4.79 Å². The standard InChI is InChI=1S/C29H31ClN2OS/c1-16(2)20-11-9-12-21(17(3)4)27(20)31-29(33)32-28-26(22-10-7-8-13-24(22)30)23-14-18(5)19(6)15-25(23)34-28/h7-17H,1-6H3,(H2,31,32,33). The Morgan fingerprint density at radius 2 is 1.47 bits per heavy atom. The molecule has 0 aliphatic heterocycles. The highest BCUT2D eigenvalue weighted by molar-refractivity contribution is 7.23. The van der Waals surface area contributed by atoms with Gasteiger partial charge in [0.25, 0.3) is 0 Å². The third-order valence-electron chi connectivity index (χ3n) is 6.29. The van der Waals surface area contributed by atoms with Crippen molar-refractivity contribution in [2.45, 2.75) is 53.4 Å². The van der Waals surface area contributed by atoms with E-state index >= 15 is 0 Å². The van der Waals surface area contributed by atoms with E-state index in [4.69, 9.17) is 11.6 Å². The van der Waals surface area contributed by atoms with Crippen LogP contribution in [0.25, 0.3) is 21.2 Å². The molecule has 0 unspecified atom stereocenters. The molecule has 2 N–H and O–H groups in total. The highest BCUT2D eigenvalue weighted by atomic mass is 35.5. The monoisotopic (exact) mass is 490 g/mol. The second kappa shape index (κ2) is 9.81. The van der Waals surface area contributed by atoms with Crippen LogP contribution in [0.1, 0.15) is 61.8 Å². The maximum atomic E-state index is 13.4. The lowest BCUT2D eigenvalue weighted by Crippen LogP contribution is -2.21. The first-order chi connectivity index (χ1) is 16.2. The van der Waals surface area contributed by atoms with Gasteiger partial charge >= 0.3 is 6.03 Å². The quantitative estimate of drug-likeness (QED) is 0.287. The highest BCUT2D eigenvalue weighted by Gasteiger charge is 2.21. The van der Waals surface area contributed by atoms with E-state index in [9.17, 15) is 4.79 Å². The number of thiophene rings is 1. The van der Waals surface area contributed by atoms with Crippen LogP contribution in [0.4, 0.5) is 15.5 Å². The largest absolute Gasteiger partial charge is 0.324 e. The lowest BCUT2D eigenvalue weighted by molar-refractivity contribution is 0.262. The van der Waals surface area contributed by atoms with Crippen LogP contribution in [0.5, 0.6) is 0 Å². The molecule has 3 nitrogen and oxygen atoms in total. The Kier molecular flexibility index (Phi) is 7.01. The van der Waals surface area contributed by atoms with E-state index in [1.54, 1.807) is 11.3 Å². The molecule has 4 aromatic rings. The topological polar surface area (TPSA) is 41.1 Å². The number of benzene rings is 3. The van der Waals surface area contributed by atoms with Gasteiger partial charge in [-0.3, -0.25) is 5.32 Å². The number of carbonyl (C=O) groups is 1. The molecule has 0 bridgehead atoms. The average molecular weight is 491 g/mol. The first kappa shape index (κ1) is 24.3. The molecule has 5 heteroatoms. The summed E-state index contributed by atoms with van der Waals surface area (Å²) in [5, 5.41) is 8.88. The van der Waals surface area contributed by atoms with E-state index < -0.39 is 0 Å². The molecule has 3 aromatic carbocycles. The third kappa shape index (κ3) is 4.70. The van der Waals surface area contributed by atoms with Crippen molar-refractivity contribution in [3.8, 4) is 11.1 Å². The van der Waals surface area contributed by atoms with Gasteiger partial charge in [-0.2, -0.15) is 0 Å². The normalized spacial score (nSPS) is 11.4. The molecule has 0 saturated carbocycles. The van der Waals surface area contributed by atoms with E-state index in [0.717, 1.165) is 43.0 Å². The first-order valence-corrected chi connectivity index (χ1v) is 12.9. The predicted octanol–water partition coefficient (Wildman–Crippen LogP) is 9.73. The molecule has 1 aromatic heterocycles.